The molecule has 1 aromatic carbocycles. The summed E-state index contributed by atoms with van der Waals surface area (Å²) in [4.78, 5) is 27.8. The molecule has 2 aliphatic rings. The average Bonchev–Trinajstić information content (AvgIpc) is 3.32. The molecule has 24 heavy (non-hydrogen) atoms. The number of hydrogen-bond donors (Lipinski definition) is 2. The molecule has 0 aliphatic heterocycles. The lowest BCUT2D eigenvalue weighted by Gasteiger charge is -2.13. The van der Waals surface area contributed by atoms with E-state index >= 15 is 0 Å². The molecule has 5 nitrogen and oxygen atoms in total. The van der Waals surface area contributed by atoms with E-state index in [2.05, 4.69) is 10.3 Å². The van der Waals surface area contributed by atoms with E-state index in [0.717, 1.165) is 36.6 Å². The number of carbonyl (C=O) groups excluding carboxylic acids is 2. The van der Waals surface area contributed by atoms with Gasteiger partial charge in [0.25, 0.3) is 5.91 Å². The number of carbonyl (C=O) groups is 2. The summed E-state index contributed by atoms with van der Waals surface area (Å²) >= 11 is 0. The van der Waals surface area contributed by atoms with Crippen molar-refractivity contribution >= 4 is 22.8 Å². The smallest absolute Gasteiger partial charge is 0.338 e. The van der Waals surface area contributed by atoms with Crippen LogP contribution in [0.3, 0.4) is 0 Å². The van der Waals surface area contributed by atoms with Crippen LogP contribution in [0, 0.1) is 0 Å². The van der Waals surface area contributed by atoms with Crippen LogP contribution in [-0.2, 0) is 22.4 Å². The van der Waals surface area contributed by atoms with Gasteiger partial charge in [-0.15, -0.1) is 0 Å². The standard InChI is InChI=1S/C19H22N2O3/c1-11(18(22)20-13-7-8-13)24-19(23)12-6-9-17-15(10-12)14-4-2-3-5-16(14)21-17/h6,9-11,13,21H,2-5,7-8H2,1H3,(H,20,22)/t11-/m0/s1. The Kier molecular flexibility index (Phi) is 3.79. The van der Waals surface area contributed by atoms with E-state index in [0.29, 0.717) is 5.56 Å². The van der Waals surface area contributed by atoms with E-state index < -0.39 is 12.1 Å². The van der Waals surface area contributed by atoms with Crippen molar-refractivity contribution < 1.29 is 14.3 Å². The minimum atomic E-state index is -0.770. The summed E-state index contributed by atoms with van der Waals surface area (Å²) in [5.41, 5.74) is 4.18. The Morgan fingerprint density at radius 3 is 2.83 bits per heavy atom. The normalized spacial score (nSPS) is 18.0. The van der Waals surface area contributed by atoms with Gasteiger partial charge in [0.1, 0.15) is 0 Å². The third-order valence-corrected chi connectivity index (χ3v) is 4.91. The largest absolute Gasteiger partial charge is 0.449 e. The van der Waals surface area contributed by atoms with Gasteiger partial charge in [-0.25, -0.2) is 4.79 Å². The third-order valence-electron chi connectivity index (χ3n) is 4.91. The fraction of sp³-hybridized carbons (Fsp3) is 0.474. The predicted octanol–water partition coefficient (Wildman–Crippen LogP) is 2.87. The number of fused-ring (bicyclic) bond motifs is 3. The molecule has 1 atom stereocenters. The number of aromatic nitrogens is 1. The van der Waals surface area contributed by atoms with Gasteiger partial charge in [-0.2, -0.15) is 0 Å². The van der Waals surface area contributed by atoms with Gasteiger partial charge in [0.2, 0.25) is 0 Å². The Morgan fingerprint density at radius 1 is 1.25 bits per heavy atom. The van der Waals surface area contributed by atoms with Crippen molar-refractivity contribution in [2.75, 3.05) is 0 Å². The number of esters is 1. The van der Waals surface area contributed by atoms with E-state index in [9.17, 15) is 9.59 Å². The third kappa shape index (κ3) is 2.90. The summed E-state index contributed by atoms with van der Waals surface area (Å²) in [5.74, 6) is -0.660. The van der Waals surface area contributed by atoms with Crippen molar-refractivity contribution in [1.82, 2.24) is 10.3 Å². The quantitative estimate of drug-likeness (QED) is 0.849. The molecule has 1 amide bonds. The second-order valence-electron chi connectivity index (χ2n) is 6.88. The van der Waals surface area contributed by atoms with E-state index in [1.54, 1.807) is 13.0 Å². The maximum atomic E-state index is 12.4. The van der Waals surface area contributed by atoms with E-state index in [1.807, 2.05) is 12.1 Å². The molecule has 1 fully saturated rings. The van der Waals surface area contributed by atoms with Crippen LogP contribution in [0.25, 0.3) is 10.9 Å². The SMILES string of the molecule is C[C@H](OC(=O)c1ccc2[nH]c3c(c2c1)CCCC3)C(=O)NC1CC1. The van der Waals surface area contributed by atoms with E-state index in [1.165, 1.54) is 24.1 Å². The van der Waals surface area contributed by atoms with Crippen molar-refractivity contribution in [2.45, 2.75) is 57.6 Å². The summed E-state index contributed by atoms with van der Waals surface area (Å²) in [5, 5.41) is 3.96. The Hall–Kier alpha value is -2.30. The highest BCUT2D eigenvalue weighted by Gasteiger charge is 2.27. The Bertz CT molecular complexity index is 804. The number of aromatic amines is 1. The summed E-state index contributed by atoms with van der Waals surface area (Å²) in [7, 11) is 0. The molecule has 2 N–H and O–H groups in total. The molecular weight excluding hydrogens is 304 g/mol. The van der Waals surface area contributed by atoms with Gasteiger partial charge < -0.3 is 15.0 Å². The van der Waals surface area contributed by atoms with Crippen molar-refractivity contribution in [2.24, 2.45) is 0 Å². The highest BCUT2D eigenvalue weighted by atomic mass is 16.5. The Morgan fingerprint density at radius 2 is 2.04 bits per heavy atom. The molecule has 0 spiro atoms. The Labute approximate surface area is 140 Å². The summed E-state index contributed by atoms with van der Waals surface area (Å²) in [6, 6.07) is 5.85. The molecule has 0 saturated heterocycles. The average molecular weight is 326 g/mol. The highest BCUT2D eigenvalue weighted by molar-refractivity contribution is 5.97. The molecule has 0 radical (unpaired) electrons. The van der Waals surface area contributed by atoms with E-state index in [4.69, 9.17) is 4.74 Å². The minimum absolute atomic E-state index is 0.217. The maximum absolute atomic E-state index is 12.4. The number of benzene rings is 1. The molecule has 1 aromatic heterocycles. The molecule has 1 heterocycles. The van der Waals surface area contributed by atoms with Crippen LogP contribution in [0.15, 0.2) is 18.2 Å². The molecule has 4 rings (SSSR count). The van der Waals surface area contributed by atoms with Gasteiger partial charge in [-0.05, 0) is 69.2 Å². The van der Waals surface area contributed by atoms with Gasteiger partial charge in [-0.3, -0.25) is 4.79 Å². The molecule has 5 heteroatoms. The first-order valence-corrected chi connectivity index (χ1v) is 8.76. The summed E-state index contributed by atoms with van der Waals surface area (Å²) in [6.07, 6.45) is 5.78. The van der Waals surface area contributed by atoms with Gasteiger partial charge >= 0.3 is 5.97 Å². The maximum Gasteiger partial charge on any atom is 0.338 e. The van der Waals surface area contributed by atoms with Crippen LogP contribution < -0.4 is 5.32 Å². The zero-order chi connectivity index (χ0) is 16.7. The first-order valence-electron chi connectivity index (χ1n) is 8.76. The summed E-state index contributed by atoms with van der Waals surface area (Å²) in [6.45, 7) is 1.62. The van der Waals surface area contributed by atoms with Crippen molar-refractivity contribution in [3.8, 4) is 0 Å². The van der Waals surface area contributed by atoms with Gasteiger partial charge in [0.15, 0.2) is 6.10 Å². The summed E-state index contributed by atoms with van der Waals surface area (Å²) < 4.78 is 5.34. The van der Waals surface area contributed by atoms with Crippen molar-refractivity contribution in [3.05, 3.63) is 35.0 Å². The number of aryl methyl sites for hydroxylation is 2. The zero-order valence-corrected chi connectivity index (χ0v) is 13.9. The molecular formula is C19H22N2O3. The van der Waals surface area contributed by atoms with Gasteiger partial charge in [0.05, 0.1) is 5.56 Å². The number of rotatable bonds is 4. The predicted molar refractivity (Wildman–Crippen MR) is 91.0 cm³/mol. The number of ether oxygens (including phenoxy) is 1. The molecule has 126 valence electrons. The van der Waals surface area contributed by atoms with E-state index in [-0.39, 0.29) is 11.9 Å². The van der Waals surface area contributed by atoms with Crippen molar-refractivity contribution in [1.29, 1.82) is 0 Å². The lowest BCUT2D eigenvalue weighted by atomic mass is 9.95. The molecule has 2 aromatic rings. The molecule has 2 aliphatic carbocycles. The van der Waals surface area contributed by atoms with Crippen molar-refractivity contribution in [3.63, 3.8) is 0 Å². The van der Waals surface area contributed by atoms with Gasteiger partial charge in [0, 0.05) is 22.6 Å². The first-order chi connectivity index (χ1) is 11.6. The number of amides is 1. The fourth-order valence-electron chi connectivity index (χ4n) is 3.36. The van der Waals surface area contributed by atoms with Crippen LogP contribution in [-0.4, -0.2) is 29.0 Å². The lowest BCUT2D eigenvalue weighted by molar-refractivity contribution is -0.129. The molecule has 0 unspecified atom stereocenters. The zero-order valence-electron chi connectivity index (χ0n) is 13.9. The fourth-order valence-corrected chi connectivity index (χ4v) is 3.36. The number of nitrogens with one attached hydrogen (secondary N) is 2. The number of H-pyrrole nitrogens is 1. The van der Waals surface area contributed by atoms with Crippen LogP contribution in [0.1, 0.15) is 54.2 Å². The minimum Gasteiger partial charge on any atom is -0.449 e. The van der Waals surface area contributed by atoms with Gasteiger partial charge in [-0.1, -0.05) is 0 Å². The van der Waals surface area contributed by atoms with Crippen LogP contribution in [0.2, 0.25) is 0 Å². The lowest BCUT2D eigenvalue weighted by Crippen LogP contribution is -2.37. The van der Waals surface area contributed by atoms with Crippen LogP contribution in [0.4, 0.5) is 0 Å². The van der Waals surface area contributed by atoms with Crippen LogP contribution >= 0.6 is 0 Å². The molecule has 1 saturated carbocycles. The monoisotopic (exact) mass is 326 g/mol. The number of hydrogen-bond acceptors (Lipinski definition) is 3. The Balaban J connectivity index is 1.52. The topological polar surface area (TPSA) is 71.2 Å². The second-order valence-corrected chi connectivity index (χ2v) is 6.88. The first kappa shape index (κ1) is 15.2. The second kappa shape index (κ2) is 5.96. The van der Waals surface area contributed by atoms with Crippen LogP contribution in [0.5, 0.6) is 0 Å². The highest BCUT2D eigenvalue weighted by Crippen LogP contribution is 2.30. The molecule has 0 bridgehead atoms.